The number of benzene rings is 1. The highest BCUT2D eigenvalue weighted by molar-refractivity contribution is 6.15. The molecular weight excluding hydrogens is 288 g/mol. The van der Waals surface area contributed by atoms with E-state index in [1.165, 1.54) is 12.1 Å². The first-order valence-corrected chi connectivity index (χ1v) is 5.71. The fourth-order valence-corrected chi connectivity index (χ4v) is 1.48. The van der Waals surface area contributed by atoms with Crippen molar-refractivity contribution in [3.63, 3.8) is 0 Å². The lowest BCUT2D eigenvalue weighted by molar-refractivity contribution is -0.106. The average molecular weight is 297 g/mol. The van der Waals surface area contributed by atoms with Gasteiger partial charge in [0.15, 0.2) is 6.61 Å². The van der Waals surface area contributed by atoms with Crippen molar-refractivity contribution in [3.05, 3.63) is 36.0 Å². The molecule has 2 rings (SSSR count). The molecule has 0 bridgehead atoms. The lowest BCUT2D eigenvalue weighted by Gasteiger charge is -2.13. The Morgan fingerprint density at radius 1 is 1.33 bits per heavy atom. The number of anilines is 1. The summed E-state index contributed by atoms with van der Waals surface area (Å²) in [5, 5.41) is 6.50. The molecule has 9 heteroatoms. The monoisotopic (exact) mass is 297 g/mol. The Balaban J connectivity index is 2.23. The molecule has 0 aliphatic heterocycles. The van der Waals surface area contributed by atoms with Gasteiger partial charge in [-0.3, -0.25) is 9.59 Å². The summed E-state index contributed by atoms with van der Waals surface area (Å²) in [5.74, 6) is -1.40. The summed E-state index contributed by atoms with van der Waals surface area (Å²) in [7, 11) is 0. The molecule has 0 N–H and O–H groups in total. The lowest BCUT2D eigenvalue weighted by Crippen LogP contribution is -2.30. The molecule has 0 fully saturated rings. The van der Waals surface area contributed by atoms with E-state index < -0.39 is 30.5 Å². The topological polar surface area (TPSA) is 85.5 Å². The van der Waals surface area contributed by atoms with E-state index in [2.05, 4.69) is 19.7 Å². The van der Waals surface area contributed by atoms with E-state index in [0.29, 0.717) is 0 Å². The third-order valence-electron chi connectivity index (χ3n) is 2.37. The summed E-state index contributed by atoms with van der Waals surface area (Å²) in [6.07, 6.45) is -2.48. The highest BCUT2D eigenvalue weighted by Gasteiger charge is 2.26. The number of amides is 2. The van der Waals surface area contributed by atoms with Crippen LogP contribution in [-0.4, -0.2) is 35.7 Å². The number of halogens is 2. The number of rotatable bonds is 6. The zero-order valence-electron chi connectivity index (χ0n) is 10.5. The number of carbonyl (C=O) groups excluding carboxylic acids is 2. The van der Waals surface area contributed by atoms with Crippen molar-refractivity contribution in [2.75, 3.05) is 11.5 Å². The van der Waals surface area contributed by atoms with Crippen molar-refractivity contribution in [3.8, 4) is 5.88 Å². The molecule has 1 heterocycles. The SMILES string of the molecule is O=CN(C(=O)c1nonc1OCC(F)F)c1ccccc1. The Labute approximate surface area is 117 Å². The Kier molecular flexibility index (Phi) is 4.54. The van der Waals surface area contributed by atoms with Crippen LogP contribution in [0.4, 0.5) is 14.5 Å². The van der Waals surface area contributed by atoms with Crippen molar-refractivity contribution in [1.29, 1.82) is 0 Å². The minimum absolute atomic E-state index is 0.267. The summed E-state index contributed by atoms with van der Waals surface area (Å²) < 4.78 is 33.1. The van der Waals surface area contributed by atoms with E-state index in [1.807, 2.05) is 0 Å². The smallest absolute Gasteiger partial charge is 0.292 e. The van der Waals surface area contributed by atoms with Crippen LogP contribution >= 0.6 is 0 Å². The number of nitrogens with zero attached hydrogens (tertiary/aromatic N) is 3. The molecule has 0 radical (unpaired) electrons. The van der Waals surface area contributed by atoms with Crippen LogP contribution < -0.4 is 9.64 Å². The van der Waals surface area contributed by atoms with Crippen molar-refractivity contribution in [1.82, 2.24) is 10.3 Å². The van der Waals surface area contributed by atoms with Gasteiger partial charge in [-0.25, -0.2) is 18.3 Å². The largest absolute Gasteiger partial charge is 0.468 e. The van der Waals surface area contributed by atoms with E-state index in [1.54, 1.807) is 18.2 Å². The third kappa shape index (κ3) is 3.38. The first kappa shape index (κ1) is 14.6. The minimum Gasteiger partial charge on any atom is -0.468 e. The second kappa shape index (κ2) is 6.55. The summed E-state index contributed by atoms with van der Waals surface area (Å²) in [5.41, 5.74) is -0.188. The molecule has 2 aromatic rings. The average Bonchev–Trinajstić information content (AvgIpc) is 2.95. The molecule has 7 nitrogen and oxygen atoms in total. The van der Waals surface area contributed by atoms with E-state index >= 15 is 0 Å². The summed E-state index contributed by atoms with van der Waals surface area (Å²) >= 11 is 0. The number of ether oxygens (including phenoxy) is 1. The highest BCUT2D eigenvalue weighted by Crippen LogP contribution is 2.19. The summed E-state index contributed by atoms with van der Waals surface area (Å²) in [6, 6.07) is 7.97. The molecule has 1 aromatic carbocycles. The van der Waals surface area contributed by atoms with Gasteiger partial charge < -0.3 is 4.74 Å². The van der Waals surface area contributed by atoms with Gasteiger partial charge in [0, 0.05) is 0 Å². The number of carbonyl (C=O) groups is 2. The van der Waals surface area contributed by atoms with Crippen LogP contribution in [0.15, 0.2) is 35.0 Å². The van der Waals surface area contributed by atoms with Crippen LogP contribution in [0.2, 0.25) is 0 Å². The standard InChI is InChI=1S/C12H9F2N3O4/c13-9(14)6-20-11-10(15-21-16-11)12(19)17(7-18)8-4-2-1-3-5-8/h1-5,7,9H,6H2. The Morgan fingerprint density at radius 2 is 2.05 bits per heavy atom. The first-order chi connectivity index (χ1) is 10.1. The van der Waals surface area contributed by atoms with Crippen molar-refractivity contribution < 1.29 is 27.7 Å². The molecule has 0 saturated carbocycles. The maximum absolute atomic E-state index is 12.2. The molecule has 0 spiro atoms. The molecule has 2 amide bonds. The first-order valence-electron chi connectivity index (χ1n) is 5.71. The number of aromatic nitrogens is 2. The number of hydrogen-bond donors (Lipinski definition) is 0. The maximum Gasteiger partial charge on any atom is 0.292 e. The second-order valence-electron chi connectivity index (χ2n) is 3.74. The minimum atomic E-state index is -2.75. The molecule has 110 valence electrons. The van der Waals surface area contributed by atoms with Gasteiger partial charge in [0.2, 0.25) is 12.1 Å². The second-order valence-corrected chi connectivity index (χ2v) is 3.74. The fraction of sp³-hybridized carbons (Fsp3) is 0.167. The maximum atomic E-state index is 12.2. The summed E-state index contributed by atoms with van der Waals surface area (Å²) in [4.78, 5) is 24.0. The third-order valence-corrected chi connectivity index (χ3v) is 2.37. The molecular formula is C12H9F2N3O4. The van der Waals surface area contributed by atoms with Crippen LogP contribution in [0.1, 0.15) is 10.5 Å². The molecule has 0 aliphatic carbocycles. The van der Waals surface area contributed by atoms with Gasteiger partial charge in [0.05, 0.1) is 5.69 Å². The van der Waals surface area contributed by atoms with Crippen molar-refractivity contribution in [2.45, 2.75) is 6.43 Å². The van der Waals surface area contributed by atoms with Crippen LogP contribution in [0.5, 0.6) is 5.88 Å². The van der Waals surface area contributed by atoms with Gasteiger partial charge in [-0.1, -0.05) is 18.2 Å². The van der Waals surface area contributed by atoms with Crippen LogP contribution in [0, 0.1) is 0 Å². The molecule has 0 aliphatic rings. The van der Waals surface area contributed by atoms with E-state index in [0.717, 1.165) is 4.90 Å². The van der Waals surface area contributed by atoms with Crippen molar-refractivity contribution >= 4 is 18.0 Å². The molecule has 21 heavy (non-hydrogen) atoms. The van der Waals surface area contributed by atoms with Gasteiger partial charge in [0.1, 0.15) is 0 Å². The van der Waals surface area contributed by atoms with E-state index in [9.17, 15) is 18.4 Å². The van der Waals surface area contributed by atoms with Crippen LogP contribution in [-0.2, 0) is 4.79 Å². The predicted molar refractivity (Wildman–Crippen MR) is 65.1 cm³/mol. The highest BCUT2D eigenvalue weighted by atomic mass is 19.3. The van der Waals surface area contributed by atoms with E-state index in [-0.39, 0.29) is 12.1 Å². The van der Waals surface area contributed by atoms with Gasteiger partial charge in [0.25, 0.3) is 18.2 Å². The fourth-order valence-electron chi connectivity index (χ4n) is 1.48. The van der Waals surface area contributed by atoms with E-state index in [4.69, 9.17) is 0 Å². The quantitative estimate of drug-likeness (QED) is 0.751. The number of imide groups is 1. The molecule has 0 saturated heterocycles. The Morgan fingerprint density at radius 3 is 2.67 bits per heavy atom. The number of para-hydroxylation sites is 1. The molecule has 0 atom stereocenters. The van der Waals surface area contributed by atoms with Gasteiger partial charge >= 0.3 is 0 Å². The van der Waals surface area contributed by atoms with Crippen molar-refractivity contribution in [2.24, 2.45) is 0 Å². The summed E-state index contributed by atoms with van der Waals surface area (Å²) in [6.45, 7) is -0.971. The zero-order valence-corrected chi connectivity index (χ0v) is 10.5. The van der Waals surface area contributed by atoms with Gasteiger partial charge in [-0.2, -0.15) is 0 Å². The Bertz CT molecular complexity index is 618. The normalized spacial score (nSPS) is 10.4. The van der Waals surface area contributed by atoms with Gasteiger partial charge in [-0.05, 0) is 22.4 Å². The lowest BCUT2D eigenvalue weighted by atomic mass is 10.3. The van der Waals surface area contributed by atoms with Crippen LogP contribution in [0.25, 0.3) is 0 Å². The number of alkyl halides is 2. The Hall–Kier alpha value is -2.84. The van der Waals surface area contributed by atoms with Gasteiger partial charge in [-0.15, -0.1) is 0 Å². The van der Waals surface area contributed by atoms with Crippen LogP contribution in [0.3, 0.4) is 0 Å². The number of hydrogen-bond acceptors (Lipinski definition) is 6. The molecule has 0 unspecified atom stereocenters. The predicted octanol–water partition coefficient (Wildman–Crippen LogP) is 1.52. The zero-order chi connectivity index (χ0) is 15.2. The molecule has 1 aromatic heterocycles.